The van der Waals surface area contributed by atoms with Crippen LogP contribution in [0.2, 0.25) is 5.02 Å². The number of carbonyl (C=O) groups excluding carboxylic acids is 1. The maximum atomic E-state index is 12.8. The summed E-state index contributed by atoms with van der Waals surface area (Å²) in [5.74, 6) is -0.650. The summed E-state index contributed by atoms with van der Waals surface area (Å²) >= 11 is 6.08. The molecule has 164 valence electrons. The molecule has 8 nitrogen and oxygen atoms in total. The number of anilines is 1. The zero-order valence-corrected chi connectivity index (χ0v) is 19.2. The molecule has 0 aliphatic heterocycles. The number of benzene rings is 2. The smallest absolute Gasteiger partial charge is 0.244 e. The van der Waals surface area contributed by atoms with Crippen molar-refractivity contribution in [1.29, 1.82) is 0 Å². The molecule has 0 aromatic heterocycles. The summed E-state index contributed by atoms with van der Waals surface area (Å²) in [6.45, 7) is 5.34. The molecule has 2 rings (SSSR count). The van der Waals surface area contributed by atoms with E-state index < -0.39 is 32.0 Å². The zero-order valence-electron chi connectivity index (χ0n) is 16.8. The van der Waals surface area contributed by atoms with Gasteiger partial charge in [-0.05, 0) is 37.3 Å². The number of carbonyl (C=O) groups is 1. The number of hydrogen-bond acceptors (Lipinski definition) is 5. The molecule has 0 spiro atoms. The normalized spacial score (nSPS) is 13.2. The summed E-state index contributed by atoms with van der Waals surface area (Å²) in [5.41, 5.74) is 0.181. The van der Waals surface area contributed by atoms with E-state index in [-0.39, 0.29) is 33.6 Å². The number of amides is 1. The van der Waals surface area contributed by atoms with Crippen LogP contribution in [0.3, 0.4) is 0 Å². The highest BCUT2D eigenvalue weighted by Gasteiger charge is 2.26. The minimum Gasteiger partial charge on any atom is -0.325 e. The van der Waals surface area contributed by atoms with E-state index in [0.29, 0.717) is 0 Å². The predicted molar refractivity (Wildman–Crippen MR) is 116 cm³/mol. The molecular weight excluding hydrogens is 450 g/mol. The highest BCUT2D eigenvalue weighted by atomic mass is 35.5. The van der Waals surface area contributed by atoms with Crippen LogP contribution in [0.1, 0.15) is 20.8 Å². The van der Waals surface area contributed by atoms with Gasteiger partial charge in [0, 0.05) is 18.8 Å². The Balaban J connectivity index is 2.21. The van der Waals surface area contributed by atoms with Crippen LogP contribution in [0.4, 0.5) is 5.69 Å². The zero-order chi connectivity index (χ0) is 22.5. The van der Waals surface area contributed by atoms with Gasteiger partial charge in [0.15, 0.2) is 0 Å². The molecule has 30 heavy (non-hydrogen) atoms. The lowest BCUT2D eigenvalue weighted by Crippen LogP contribution is -2.41. The number of nitrogens with one attached hydrogen (secondary N) is 2. The SMILES string of the molecule is CCN(CC)S(=O)(=O)c1cc(NC(=O)[C@H](C)NS(=O)(=O)c2ccccc2)ccc1Cl. The summed E-state index contributed by atoms with van der Waals surface area (Å²) in [6.07, 6.45) is 0. The third kappa shape index (κ3) is 5.58. The van der Waals surface area contributed by atoms with Crippen molar-refractivity contribution >= 4 is 43.2 Å². The van der Waals surface area contributed by atoms with E-state index in [1.54, 1.807) is 32.0 Å². The summed E-state index contributed by atoms with van der Waals surface area (Å²) in [6, 6.07) is 10.6. The van der Waals surface area contributed by atoms with Crippen molar-refractivity contribution in [3.63, 3.8) is 0 Å². The molecule has 0 saturated carbocycles. The predicted octanol–water partition coefficient (Wildman–Crippen LogP) is 2.68. The van der Waals surface area contributed by atoms with Crippen molar-refractivity contribution in [3.05, 3.63) is 53.6 Å². The second kappa shape index (κ2) is 9.88. The number of rotatable bonds is 9. The molecule has 11 heteroatoms. The van der Waals surface area contributed by atoms with Gasteiger partial charge in [-0.2, -0.15) is 9.03 Å². The van der Waals surface area contributed by atoms with Gasteiger partial charge in [0.05, 0.1) is 16.0 Å². The summed E-state index contributed by atoms with van der Waals surface area (Å²) in [7, 11) is -7.72. The number of hydrogen-bond donors (Lipinski definition) is 2. The van der Waals surface area contributed by atoms with E-state index in [1.165, 1.54) is 41.6 Å². The fraction of sp³-hybridized carbons (Fsp3) is 0.316. The molecule has 0 saturated heterocycles. The van der Waals surface area contributed by atoms with Crippen molar-refractivity contribution in [3.8, 4) is 0 Å². The topological polar surface area (TPSA) is 113 Å². The van der Waals surface area contributed by atoms with Crippen molar-refractivity contribution in [1.82, 2.24) is 9.03 Å². The Morgan fingerprint density at radius 1 is 1.03 bits per heavy atom. The van der Waals surface area contributed by atoms with Crippen LogP contribution in [0.5, 0.6) is 0 Å². The molecular formula is C19H24ClN3O5S2. The Kier molecular flexibility index (Phi) is 8.00. The second-order valence-electron chi connectivity index (χ2n) is 6.38. The van der Waals surface area contributed by atoms with Crippen LogP contribution in [0, 0.1) is 0 Å². The van der Waals surface area contributed by atoms with Crippen LogP contribution < -0.4 is 10.0 Å². The molecule has 0 aliphatic rings. The first-order chi connectivity index (χ1) is 14.0. The van der Waals surface area contributed by atoms with Crippen molar-refractivity contribution in [2.45, 2.75) is 36.6 Å². The van der Waals surface area contributed by atoms with Gasteiger partial charge in [-0.25, -0.2) is 16.8 Å². The molecule has 1 atom stereocenters. The summed E-state index contributed by atoms with van der Waals surface area (Å²) in [4.78, 5) is 12.4. The van der Waals surface area contributed by atoms with Gasteiger partial charge in [0.2, 0.25) is 26.0 Å². The van der Waals surface area contributed by atoms with Gasteiger partial charge in [0.25, 0.3) is 0 Å². The molecule has 0 aliphatic carbocycles. The Morgan fingerprint density at radius 2 is 1.63 bits per heavy atom. The number of sulfonamides is 2. The molecule has 0 unspecified atom stereocenters. The first-order valence-electron chi connectivity index (χ1n) is 9.20. The molecule has 0 heterocycles. The molecule has 2 N–H and O–H groups in total. The quantitative estimate of drug-likeness (QED) is 0.581. The van der Waals surface area contributed by atoms with E-state index >= 15 is 0 Å². The van der Waals surface area contributed by atoms with E-state index in [4.69, 9.17) is 11.6 Å². The lowest BCUT2D eigenvalue weighted by molar-refractivity contribution is -0.117. The molecule has 0 radical (unpaired) electrons. The molecule has 1 amide bonds. The average molecular weight is 474 g/mol. The minimum absolute atomic E-state index is 0.0257. The highest BCUT2D eigenvalue weighted by Crippen LogP contribution is 2.28. The lowest BCUT2D eigenvalue weighted by Gasteiger charge is -2.20. The van der Waals surface area contributed by atoms with E-state index in [9.17, 15) is 21.6 Å². The first kappa shape index (κ1) is 24.3. The lowest BCUT2D eigenvalue weighted by atomic mass is 10.3. The van der Waals surface area contributed by atoms with Crippen LogP contribution in [-0.2, 0) is 24.8 Å². The molecule has 0 fully saturated rings. The molecule has 0 bridgehead atoms. The van der Waals surface area contributed by atoms with Gasteiger partial charge < -0.3 is 5.32 Å². The fourth-order valence-electron chi connectivity index (χ4n) is 2.69. The van der Waals surface area contributed by atoms with Crippen LogP contribution in [0.25, 0.3) is 0 Å². The Labute approximate surface area is 182 Å². The number of halogens is 1. The highest BCUT2D eigenvalue weighted by molar-refractivity contribution is 7.89. The Morgan fingerprint density at radius 3 is 2.20 bits per heavy atom. The van der Waals surface area contributed by atoms with Gasteiger partial charge in [-0.3, -0.25) is 4.79 Å². The second-order valence-corrected chi connectivity index (χ2v) is 10.4. The molecule has 2 aromatic carbocycles. The monoisotopic (exact) mass is 473 g/mol. The first-order valence-corrected chi connectivity index (χ1v) is 12.5. The van der Waals surface area contributed by atoms with E-state index in [1.807, 2.05) is 0 Å². The van der Waals surface area contributed by atoms with Gasteiger partial charge in [0.1, 0.15) is 4.90 Å². The fourth-order valence-corrected chi connectivity index (χ4v) is 5.87. The average Bonchev–Trinajstić information content (AvgIpc) is 2.70. The largest absolute Gasteiger partial charge is 0.325 e. The summed E-state index contributed by atoms with van der Waals surface area (Å²) in [5, 5.41) is 2.55. The third-order valence-corrected chi connectivity index (χ3v) is 8.39. The molecule has 2 aromatic rings. The van der Waals surface area contributed by atoms with Crippen LogP contribution in [-0.4, -0.2) is 46.2 Å². The summed E-state index contributed by atoms with van der Waals surface area (Å²) < 4.78 is 53.8. The van der Waals surface area contributed by atoms with Gasteiger partial charge >= 0.3 is 0 Å². The minimum atomic E-state index is -3.89. The maximum Gasteiger partial charge on any atom is 0.244 e. The van der Waals surface area contributed by atoms with Crippen molar-refractivity contribution in [2.24, 2.45) is 0 Å². The maximum absolute atomic E-state index is 12.8. The van der Waals surface area contributed by atoms with Crippen LogP contribution >= 0.6 is 11.6 Å². The van der Waals surface area contributed by atoms with Crippen molar-refractivity contribution < 1.29 is 21.6 Å². The standard InChI is InChI=1S/C19H24ClN3O5S2/c1-4-23(5-2)30(27,28)18-13-15(11-12-17(18)20)21-19(24)14(3)22-29(25,26)16-9-7-6-8-10-16/h6-14,22H,4-5H2,1-3H3,(H,21,24)/t14-/m0/s1. The van der Waals surface area contributed by atoms with E-state index in [0.717, 1.165) is 0 Å². The van der Waals surface area contributed by atoms with Gasteiger partial charge in [-0.1, -0.05) is 43.6 Å². The van der Waals surface area contributed by atoms with E-state index in [2.05, 4.69) is 10.0 Å². The van der Waals surface area contributed by atoms with Crippen molar-refractivity contribution in [2.75, 3.05) is 18.4 Å². The third-order valence-electron chi connectivity index (χ3n) is 4.30. The van der Waals surface area contributed by atoms with Gasteiger partial charge in [-0.15, -0.1) is 0 Å². The Bertz CT molecular complexity index is 1100. The number of nitrogens with zero attached hydrogens (tertiary/aromatic N) is 1. The Hall–Kier alpha value is -1.98. The van der Waals surface area contributed by atoms with Crippen LogP contribution in [0.15, 0.2) is 58.3 Å².